The minimum absolute atomic E-state index is 0.148. The monoisotopic (exact) mass is 250 g/mol. The molecule has 0 heterocycles. The fourth-order valence-corrected chi connectivity index (χ4v) is 1.71. The van der Waals surface area contributed by atoms with Gasteiger partial charge in [0.15, 0.2) is 6.79 Å². The first-order valence-corrected chi connectivity index (χ1v) is 6.20. The minimum Gasteiger partial charge on any atom is -0.468 e. The Morgan fingerprint density at radius 3 is 2.61 bits per heavy atom. The van der Waals surface area contributed by atoms with E-state index in [1.807, 2.05) is 37.3 Å². The number of carbonyl (C=O) groups excluding carboxylic acids is 1. The Morgan fingerprint density at radius 1 is 1.28 bits per heavy atom. The highest BCUT2D eigenvalue weighted by Crippen LogP contribution is 2.46. The van der Waals surface area contributed by atoms with E-state index in [1.54, 1.807) is 0 Å². The Hall–Kier alpha value is -1.55. The van der Waals surface area contributed by atoms with Crippen molar-refractivity contribution in [2.45, 2.75) is 19.8 Å². The van der Waals surface area contributed by atoms with Crippen molar-refractivity contribution in [2.75, 3.05) is 20.0 Å². The van der Waals surface area contributed by atoms with E-state index >= 15 is 0 Å². The van der Waals surface area contributed by atoms with Gasteiger partial charge < -0.3 is 14.2 Å². The number of hydrogen-bond donors (Lipinski definition) is 0. The summed E-state index contributed by atoms with van der Waals surface area (Å²) in [7, 11) is 0. The number of para-hydroxylation sites is 1. The molecule has 1 aliphatic carbocycles. The molecule has 0 atom stereocenters. The van der Waals surface area contributed by atoms with Crippen LogP contribution in [0, 0.1) is 5.41 Å². The maximum atomic E-state index is 11.6. The number of hydrogen-bond acceptors (Lipinski definition) is 4. The number of benzene rings is 1. The summed E-state index contributed by atoms with van der Waals surface area (Å²) in [5.41, 5.74) is -0.407. The van der Waals surface area contributed by atoms with Gasteiger partial charge in [-0.2, -0.15) is 0 Å². The molecule has 2 rings (SSSR count). The van der Waals surface area contributed by atoms with Crippen LogP contribution in [-0.4, -0.2) is 26.0 Å². The summed E-state index contributed by atoms with van der Waals surface area (Å²) in [6.07, 6.45) is 1.69. The Balaban J connectivity index is 1.68. The van der Waals surface area contributed by atoms with Gasteiger partial charge in [-0.1, -0.05) is 18.2 Å². The highest BCUT2D eigenvalue weighted by Gasteiger charge is 2.51. The summed E-state index contributed by atoms with van der Waals surface area (Å²) in [6.45, 7) is 2.76. The van der Waals surface area contributed by atoms with Gasteiger partial charge in [0, 0.05) is 0 Å². The molecule has 98 valence electrons. The molecule has 0 saturated heterocycles. The molecule has 1 fully saturated rings. The van der Waals surface area contributed by atoms with Gasteiger partial charge >= 0.3 is 5.97 Å². The minimum atomic E-state index is -0.407. The molecule has 0 bridgehead atoms. The molecule has 1 aromatic carbocycles. The lowest BCUT2D eigenvalue weighted by molar-refractivity contribution is -0.153. The smallest absolute Gasteiger partial charge is 0.314 e. The lowest BCUT2D eigenvalue weighted by Gasteiger charge is -2.14. The third kappa shape index (κ3) is 3.23. The predicted octanol–water partition coefficient (Wildman–Crippen LogP) is 2.38. The zero-order valence-corrected chi connectivity index (χ0v) is 10.6. The summed E-state index contributed by atoms with van der Waals surface area (Å²) in [5, 5.41) is 0. The van der Waals surface area contributed by atoms with E-state index in [9.17, 15) is 4.79 Å². The third-order valence-corrected chi connectivity index (χ3v) is 2.99. The van der Waals surface area contributed by atoms with Crippen LogP contribution in [0.25, 0.3) is 0 Å². The molecule has 4 nitrogen and oxygen atoms in total. The van der Waals surface area contributed by atoms with Crippen LogP contribution in [0.4, 0.5) is 0 Å². The molecule has 0 aliphatic heterocycles. The average Bonchev–Trinajstić information content (AvgIpc) is 3.18. The summed E-state index contributed by atoms with van der Waals surface area (Å²) in [5.74, 6) is 0.614. The third-order valence-electron chi connectivity index (χ3n) is 2.99. The molecule has 1 aromatic rings. The fraction of sp³-hybridized carbons (Fsp3) is 0.500. The molecule has 0 radical (unpaired) electrons. The van der Waals surface area contributed by atoms with E-state index in [2.05, 4.69) is 0 Å². The predicted molar refractivity (Wildman–Crippen MR) is 66.2 cm³/mol. The van der Waals surface area contributed by atoms with Crippen LogP contribution in [0.1, 0.15) is 19.8 Å². The Labute approximate surface area is 107 Å². The largest absolute Gasteiger partial charge is 0.468 e. The van der Waals surface area contributed by atoms with Gasteiger partial charge in [0.2, 0.25) is 0 Å². The quantitative estimate of drug-likeness (QED) is 0.423. The molecule has 0 amide bonds. The fourth-order valence-electron chi connectivity index (χ4n) is 1.71. The first-order valence-electron chi connectivity index (χ1n) is 6.20. The van der Waals surface area contributed by atoms with Crippen molar-refractivity contribution < 1.29 is 19.0 Å². The van der Waals surface area contributed by atoms with E-state index in [1.165, 1.54) is 0 Å². The van der Waals surface area contributed by atoms with E-state index in [-0.39, 0.29) is 12.8 Å². The summed E-state index contributed by atoms with van der Waals surface area (Å²) in [4.78, 5) is 11.6. The molecule has 0 spiro atoms. The Kier molecular flexibility index (Phi) is 4.20. The first kappa shape index (κ1) is 12.9. The molecule has 4 heteroatoms. The summed E-state index contributed by atoms with van der Waals surface area (Å²) < 4.78 is 15.8. The van der Waals surface area contributed by atoms with Crippen molar-refractivity contribution in [3.8, 4) is 5.75 Å². The van der Waals surface area contributed by atoms with Crippen molar-refractivity contribution in [1.82, 2.24) is 0 Å². The number of ether oxygens (including phenoxy) is 3. The maximum absolute atomic E-state index is 11.6. The average molecular weight is 250 g/mol. The second-order valence-corrected chi connectivity index (χ2v) is 4.42. The van der Waals surface area contributed by atoms with Crippen molar-refractivity contribution >= 4 is 5.97 Å². The molecular formula is C14H18O4. The van der Waals surface area contributed by atoms with Gasteiger partial charge in [0.25, 0.3) is 0 Å². The molecular weight excluding hydrogens is 232 g/mol. The zero-order chi connectivity index (χ0) is 12.8. The molecule has 0 N–H and O–H groups in total. The molecule has 0 unspecified atom stereocenters. The van der Waals surface area contributed by atoms with Crippen LogP contribution in [0.15, 0.2) is 30.3 Å². The molecule has 1 saturated carbocycles. The maximum Gasteiger partial charge on any atom is 0.314 e. The second-order valence-electron chi connectivity index (χ2n) is 4.42. The van der Waals surface area contributed by atoms with Crippen molar-refractivity contribution in [3.05, 3.63) is 30.3 Å². The topological polar surface area (TPSA) is 44.8 Å². The second kappa shape index (κ2) is 5.87. The van der Waals surface area contributed by atoms with Crippen molar-refractivity contribution in [2.24, 2.45) is 5.41 Å². The summed E-state index contributed by atoms with van der Waals surface area (Å²) in [6, 6.07) is 9.45. The van der Waals surface area contributed by atoms with Crippen molar-refractivity contribution in [1.29, 1.82) is 0 Å². The highest BCUT2D eigenvalue weighted by molar-refractivity contribution is 5.80. The lowest BCUT2D eigenvalue weighted by atomic mass is 10.1. The first-order chi connectivity index (χ1) is 8.77. The van der Waals surface area contributed by atoms with Gasteiger partial charge in [-0.3, -0.25) is 4.79 Å². The highest BCUT2D eigenvalue weighted by atomic mass is 16.7. The molecule has 1 aliphatic rings. The van der Waals surface area contributed by atoms with Crippen LogP contribution in [0.3, 0.4) is 0 Å². The SMILES string of the molecule is CCOC(=O)C1(COCOc2ccccc2)CC1. The van der Waals surface area contributed by atoms with Gasteiger partial charge in [0.05, 0.1) is 18.6 Å². The standard InChI is InChI=1S/C14H18O4/c1-2-17-13(15)14(8-9-14)10-16-11-18-12-6-4-3-5-7-12/h3-7H,2,8-11H2,1H3. The lowest BCUT2D eigenvalue weighted by Crippen LogP contribution is -2.25. The zero-order valence-electron chi connectivity index (χ0n) is 10.6. The van der Waals surface area contributed by atoms with Gasteiger partial charge in [-0.05, 0) is 31.9 Å². The normalized spacial score (nSPS) is 16.1. The van der Waals surface area contributed by atoms with Gasteiger partial charge in [-0.15, -0.1) is 0 Å². The van der Waals surface area contributed by atoms with E-state index < -0.39 is 5.41 Å². The molecule has 0 aromatic heterocycles. The summed E-state index contributed by atoms with van der Waals surface area (Å²) >= 11 is 0. The van der Waals surface area contributed by atoms with Gasteiger partial charge in [0.1, 0.15) is 5.75 Å². The van der Waals surface area contributed by atoms with Crippen LogP contribution in [0.2, 0.25) is 0 Å². The van der Waals surface area contributed by atoms with Crippen LogP contribution < -0.4 is 4.74 Å². The van der Waals surface area contributed by atoms with E-state index in [0.29, 0.717) is 13.2 Å². The van der Waals surface area contributed by atoms with Crippen molar-refractivity contribution in [3.63, 3.8) is 0 Å². The molecule has 18 heavy (non-hydrogen) atoms. The Morgan fingerprint density at radius 2 is 2.00 bits per heavy atom. The number of rotatable bonds is 7. The van der Waals surface area contributed by atoms with Crippen LogP contribution >= 0.6 is 0 Å². The van der Waals surface area contributed by atoms with E-state index in [4.69, 9.17) is 14.2 Å². The van der Waals surface area contributed by atoms with Gasteiger partial charge in [-0.25, -0.2) is 0 Å². The number of carbonyl (C=O) groups is 1. The number of esters is 1. The van der Waals surface area contributed by atoms with Crippen LogP contribution in [0.5, 0.6) is 5.75 Å². The van der Waals surface area contributed by atoms with E-state index in [0.717, 1.165) is 18.6 Å². The van der Waals surface area contributed by atoms with Crippen LogP contribution in [-0.2, 0) is 14.3 Å². The Bertz CT molecular complexity index is 384.